The zero-order valence-corrected chi connectivity index (χ0v) is 16.4. The molecular weight excluding hydrogens is 280 g/mol. The van der Waals surface area contributed by atoms with E-state index in [1.807, 2.05) is 26.2 Å². The van der Waals surface area contributed by atoms with Crippen molar-refractivity contribution in [1.82, 2.24) is 9.97 Å². The fraction of sp³-hybridized carbons (Fsp3) is 0.714. The van der Waals surface area contributed by atoms with Crippen molar-refractivity contribution < 1.29 is 0 Å². The van der Waals surface area contributed by atoms with Crippen molar-refractivity contribution in [2.24, 2.45) is 5.92 Å². The molecule has 0 aliphatic heterocycles. The molecule has 0 fully saturated rings. The van der Waals surface area contributed by atoms with E-state index in [0.717, 1.165) is 18.7 Å². The van der Waals surface area contributed by atoms with Crippen molar-refractivity contribution >= 4 is 0 Å². The SMILES string of the molecule is CC.CCC/C=C(/Cc1ncc(CC)cn1)C(CCC)CCC. The summed E-state index contributed by atoms with van der Waals surface area (Å²) in [7, 11) is 0. The summed E-state index contributed by atoms with van der Waals surface area (Å²) in [5, 5.41) is 0. The second kappa shape index (κ2) is 14.4. The molecule has 0 radical (unpaired) electrons. The van der Waals surface area contributed by atoms with E-state index in [0.29, 0.717) is 5.92 Å². The minimum absolute atomic E-state index is 0.709. The van der Waals surface area contributed by atoms with Gasteiger partial charge in [-0.2, -0.15) is 0 Å². The maximum absolute atomic E-state index is 4.55. The normalized spacial score (nSPS) is 11.3. The van der Waals surface area contributed by atoms with E-state index in [-0.39, 0.29) is 0 Å². The highest BCUT2D eigenvalue weighted by atomic mass is 14.9. The Kier molecular flexibility index (Phi) is 13.7. The average molecular weight is 319 g/mol. The van der Waals surface area contributed by atoms with Crippen LogP contribution in [0.3, 0.4) is 0 Å². The van der Waals surface area contributed by atoms with Crippen LogP contribution in [-0.4, -0.2) is 9.97 Å². The Hall–Kier alpha value is -1.18. The number of hydrogen-bond donors (Lipinski definition) is 0. The third kappa shape index (κ3) is 8.88. The number of nitrogens with zero attached hydrogens (tertiary/aromatic N) is 2. The van der Waals surface area contributed by atoms with Gasteiger partial charge in [-0.1, -0.05) is 72.5 Å². The van der Waals surface area contributed by atoms with E-state index in [2.05, 4.69) is 43.7 Å². The average Bonchev–Trinajstić information content (AvgIpc) is 2.61. The lowest BCUT2D eigenvalue weighted by molar-refractivity contribution is 0.491. The lowest BCUT2D eigenvalue weighted by Crippen LogP contribution is -2.09. The summed E-state index contributed by atoms with van der Waals surface area (Å²) < 4.78 is 0. The molecule has 2 nitrogen and oxygen atoms in total. The summed E-state index contributed by atoms with van der Waals surface area (Å²) in [6, 6.07) is 0. The lowest BCUT2D eigenvalue weighted by Gasteiger charge is -2.19. The molecule has 0 atom stereocenters. The molecule has 132 valence electrons. The minimum atomic E-state index is 0.709. The zero-order valence-electron chi connectivity index (χ0n) is 16.4. The number of hydrogen-bond acceptors (Lipinski definition) is 2. The lowest BCUT2D eigenvalue weighted by atomic mass is 9.87. The third-order valence-electron chi connectivity index (χ3n) is 4.02. The van der Waals surface area contributed by atoms with Gasteiger partial charge in [0.1, 0.15) is 5.82 Å². The second-order valence-corrected chi connectivity index (χ2v) is 5.88. The first-order valence-electron chi connectivity index (χ1n) is 9.73. The molecule has 23 heavy (non-hydrogen) atoms. The van der Waals surface area contributed by atoms with Crippen LogP contribution in [0.15, 0.2) is 24.0 Å². The summed E-state index contributed by atoms with van der Waals surface area (Å²) in [5.41, 5.74) is 2.78. The Morgan fingerprint density at radius 2 is 1.52 bits per heavy atom. The third-order valence-corrected chi connectivity index (χ3v) is 4.02. The van der Waals surface area contributed by atoms with Gasteiger partial charge in [0.15, 0.2) is 0 Å². The second-order valence-electron chi connectivity index (χ2n) is 5.88. The van der Waals surface area contributed by atoms with Gasteiger partial charge in [0.25, 0.3) is 0 Å². The van der Waals surface area contributed by atoms with Crippen LogP contribution in [0.2, 0.25) is 0 Å². The molecule has 1 rings (SSSR count). The zero-order chi connectivity index (χ0) is 17.5. The molecule has 0 aliphatic carbocycles. The fourth-order valence-corrected chi connectivity index (χ4v) is 2.76. The van der Waals surface area contributed by atoms with Gasteiger partial charge in [0.2, 0.25) is 0 Å². The van der Waals surface area contributed by atoms with Crippen molar-refractivity contribution in [3.63, 3.8) is 0 Å². The van der Waals surface area contributed by atoms with Gasteiger partial charge in [-0.15, -0.1) is 0 Å². The van der Waals surface area contributed by atoms with Crippen molar-refractivity contribution in [3.05, 3.63) is 35.4 Å². The van der Waals surface area contributed by atoms with Crippen LogP contribution >= 0.6 is 0 Å². The number of unbranched alkanes of at least 4 members (excludes halogenated alkanes) is 1. The highest BCUT2D eigenvalue weighted by molar-refractivity contribution is 5.15. The molecule has 0 unspecified atom stereocenters. The van der Waals surface area contributed by atoms with Gasteiger partial charge in [0.05, 0.1) is 0 Å². The van der Waals surface area contributed by atoms with Crippen molar-refractivity contribution in [2.45, 2.75) is 92.9 Å². The molecule has 0 bridgehead atoms. The Labute approximate surface area is 144 Å². The maximum Gasteiger partial charge on any atom is 0.132 e. The molecular formula is C21H38N2. The van der Waals surface area contributed by atoms with E-state index < -0.39 is 0 Å². The molecule has 0 spiro atoms. The topological polar surface area (TPSA) is 25.8 Å². The molecule has 1 heterocycles. The largest absolute Gasteiger partial charge is 0.241 e. The van der Waals surface area contributed by atoms with Crippen LogP contribution in [0.25, 0.3) is 0 Å². The molecule has 0 amide bonds. The Morgan fingerprint density at radius 3 is 1.96 bits per heavy atom. The smallest absolute Gasteiger partial charge is 0.132 e. The van der Waals surface area contributed by atoms with E-state index >= 15 is 0 Å². The number of allylic oxidation sites excluding steroid dienone is 2. The molecule has 1 aromatic heterocycles. The summed E-state index contributed by atoms with van der Waals surface area (Å²) in [4.78, 5) is 9.10. The number of aromatic nitrogens is 2. The van der Waals surface area contributed by atoms with Gasteiger partial charge < -0.3 is 0 Å². The van der Waals surface area contributed by atoms with E-state index in [1.54, 1.807) is 5.57 Å². The predicted octanol–water partition coefficient (Wildman–Crippen LogP) is 6.55. The van der Waals surface area contributed by atoms with Crippen molar-refractivity contribution in [3.8, 4) is 0 Å². The first-order chi connectivity index (χ1) is 11.2. The molecule has 0 saturated heterocycles. The van der Waals surface area contributed by atoms with E-state index in [4.69, 9.17) is 0 Å². The van der Waals surface area contributed by atoms with Gasteiger partial charge >= 0.3 is 0 Å². The molecule has 1 aromatic rings. The van der Waals surface area contributed by atoms with Crippen LogP contribution in [0.5, 0.6) is 0 Å². The Balaban J connectivity index is 0.00000232. The van der Waals surface area contributed by atoms with Gasteiger partial charge in [-0.3, -0.25) is 0 Å². The summed E-state index contributed by atoms with van der Waals surface area (Å²) in [6.07, 6.45) is 15.8. The highest BCUT2D eigenvalue weighted by Crippen LogP contribution is 2.25. The fourth-order valence-electron chi connectivity index (χ4n) is 2.76. The van der Waals surface area contributed by atoms with Crippen molar-refractivity contribution in [1.29, 1.82) is 0 Å². The van der Waals surface area contributed by atoms with Crippen LogP contribution in [0, 0.1) is 5.92 Å². The Bertz CT molecular complexity index is 400. The maximum atomic E-state index is 4.55. The predicted molar refractivity (Wildman–Crippen MR) is 103 cm³/mol. The molecule has 0 N–H and O–H groups in total. The highest BCUT2D eigenvalue weighted by Gasteiger charge is 2.14. The standard InChI is InChI=1S/C19H32N2.C2H6/c1-5-9-12-18(17(10-6-2)11-7-3)13-19-20-14-16(8-4)15-21-19;1-2/h12,14-15,17H,5-11,13H2,1-4H3;1-2H3/b18-12-;. The van der Waals surface area contributed by atoms with E-state index in [1.165, 1.54) is 44.1 Å². The number of aryl methyl sites for hydroxylation is 1. The molecule has 2 heteroatoms. The minimum Gasteiger partial charge on any atom is -0.241 e. The Morgan fingerprint density at radius 1 is 0.957 bits per heavy atom. The monoisotopic (exact) mass is 318 g/mol. The number of rotatable bonds is 10. The van der Waals surface area contributed by atoms with Crippen molar-refractivity contribution in [2.75, 3.05) is 0 Å². The van der Waals surface area contributed by atoms with Gasteiger partial charge in [-0.25, -0.2) is 9.97 Å². The van der Waals surface area contributed by atoms with Gasteiger partial charge in [-0.05, 0) is 37.2 Å². The first kappa shape index (κ1) is 21.8. The van der Waals surface area contributed by atoms with Crippen LogP contribution in [0.1, 0.15) is 91.5 Å². The van der Waals surface area contributed by atoms with Crippen LogP contribution in [-0.2, 0) is 12.8 Å². The van der Waals surface area contributed by atoms with E-state index in [9.17, 15) is 0 Å². The summed E-state index contributed by atoms with van der Waals surface area (Å²) >= 11 is 0. The van der Waals surface area contributed by atoms with Gasteiger partial charge in [0, 0.05) is 18.8 Å². The summed E-state index contributed by atoms with van der Waals surface area (Å²) in [6.45, 7) is 13.0. The van der Waals surface area contributed by atoms with Crippen LogP contribution in [0.4, 0.5) is 0 Å². The molecule has 0 saturated carbocycles. The molecule has 0 aromatic carbocycles. The van der Waals surface area contributed by atoms with Crippen LogP contribution < -0.4 is 0 Å². The summed E-state index contributed by atoms with van der Waals surface area (Å²) in [5.74, 6) is 1.69. The first-order valence-corrected chi connectivity index (χ1v) is 9.73. The quantitative estimate of drug-likeness (QED) is 0.457. The molecule has 0 aliphatic rings.